The average Bonchev–Trinajstić information content (AvgIpc) is 3.31. The Morgan fingerprint density at radius 2 is 1.84 bits per heavy atom. The molecule has 32 heavy (non-hydrogen) atoms. The molecule has 0 bridgehead atoms. The average molecular weight is 431 g/mol. The van der Waals surface area contributed by atoms with Crippen LogP contribution in [0.2, 0.25) is 0 Å². The highest BCUT2D eigenvalue weighted by Gasteiger charge is 2.58. The maximum atomic E-state index is 13.6. The number of carbonyl (C=O) groups is 2. The molecule has 2 atom stereocenters. The summed E-state index contributed by atoms with van der Waals surface area (Å²) >= 11 is 0. The summed E-state index contributed by atoms with van der Waals surface area (Å²) < 4.78 is 1.29. The highest BCUT2D eigenvalue weighted by Crippen LogP contribution is 2.49. The van der Waals surface area contributed by atoms with Gasteiger partial charge in [0.2, 0.25) is 11.8 Å². The van der Waals surface area contributed by atoms with Crippen LogP contribution in [0.3, 0.4) is 0 Å². The van der Waals surface area contributed by atoms with Gasteiger partial charge in [-0.15, -0.1) is 0 Å². The third-order valence-electron chi connectivity index (χ3n) is 6.99. The van der Waals surface area contributed by atoms with E-state index in [1.165, 1.54) is 4.68 Å². The van der Waals surface area contributed by atoms with Gasteiger partial charge in [-0.25, -0.2) is 4.68 Å². The van der Waals surface area contributed by atoms with Gasteiger partial charge in [-0.2, -0.15) is 5.10 Å². The number of fused-ring (bicyclic) bond motifs is 3. The van der Waals surface area contributed by atoms with Gasteiger partial charge in [-0.05, 0) is 30.5 Å². The van der Waals surface area contributed by atoms with Crippen molar-refractivity contribution in [3.8, 4) is 0 Å². The molecule has 3 heterocycles. The monoisotopic (exact) mass is 430 g/mol. The van der Waals surface area contributed by atoms with E-state index in [9.17, 15) is 14.4 Å². The Labute approximate surface area is 186 Å². The molecule has 2 aliphatic rings. The topological polar surface area (TPSA) is 84.3 Å². The highest BCUT2D eigenvalue weighted by atomic mass is 16.2. The molecule has 1 spiro atoms. The smallest absolute Gasteiger partial charge is 0.274 e. The van der Waals surface area contributed by atoms with E-state index in [0.29, 0.717) is 29.4 Å². The van der Waals surface area contributed by atoms with Crippen molar-refractivity contribution in [2.24, 2.45) is 7.05 Å². The lowest BCUT2D eigenvalue weighted by Gasteiger charge is -2.34. The number of anilines is 1. The minimum absolute atomic E-state index is 0.0156. The van der Waals surface area contributed by atoms with Gasteiger partial charge in [-0.3, -0.25) is 14.4 Å². The molecular formula is C25H26N4O3. The molecule has 1 saturated heterocycles. The third kappa shape index (κ3) is 2.87. The summed E-state index contributed by atoms with van der Waals surface area (Å²) in [4.78, 5) is 41.1. The van der Waals surface area contributed by atoms with Gasteiger partial charge in [0.1, 0.15) is 0 Å². The number of rotatable bonds is 4. The van der Waals surface area contributed by atoms with Crippen LogP contribution in [0.25, 0.3) is 10.8 Å². The third-order valence-corrected chi connectivity index (χ3v) is 6.99. The van der Waals surface area contributed by atoms with E-state index in [1.54, 1.807) is 13.1 Å². The molecular weight excluding hydrogens is 404 g/mol. The van der Waals surface area contributed by atoms with Gasteiger partial charge >= 0.3 is 0 Å². The summed E-state index contributed by atoms with van der Waals surface area (Å²) in [6, 6.07) is 14.9. The number of amides is 2. The standard InChI is InChI=1S/C25H26N4O3/c1-3-8-21-25(18-11-6-7-12-19(18)26-24(25)32)13-14-29(21)22(30)15-20-16-9-4-5-10-17(16)23(31)28(2)27-20/h4-7,9-12,21H,3,8,13-15H2,1-2H3,(H,26,32)/t21-,25+/m0/s1. The minimum Gasteiger partial charge on any atom is -0.338 e. The molecule has 7 nitrogen and oxygen atoms in total. The molecule has 5 rings (SSSR count). The van der Waals surface area contributed by atoms with E-state index >= 15 is 0 Å². The van der Waals surface area contributed by atoms with E-state index in [1.807, 2.05) is 47.4 Å². The van der Waals surface area contributed by atoms with E-state index in [-0.39, 0.29) is 29.8 Å². The molecule has 1 N–H and O–H groups in total. The summed E-state index contributed by atoms with van der Waals surface area (Å²) in [6.07, 6.45) is 2.31. The van der Waals surface area contributed by atoms with Gasteiger partial charge < -0.3 is 10.2 Å². The highest BCUT2D eigenvalue weighted by molar-refractivity contribution is 6.07. The fourth-order valence-electron chi connectivity index (χ4n) is 5.53. The first kappa shape index (κ1) is 20.4. The van der Waals surface area contributed by atoms with Crippen molar-refractivity contribution in [1.29, 1.82) is 0 Å². The lowest BCUT2D eigenvalue weighted by molar-refractivity contribution is -0.132. The van der Waals surface area contributed by atoms with E-state index in [2.05, 4.69) is 17.3 Å². The number of hydrogen-bond donors (Lipinski definition) is 1. The van der Waals surface area contributed by atoms with Crippen LogP contribution < -0.4 is 10.9 Å². The maximum Gasteiger partial charge on any atom is 0.274 e. The predicted molar refractivity (Wildman–Crippen MR) is 122 cm³/mol. The van der Waals surface area contributed by atoms with E-state index in [4.69, 9.17) is 0 Å². The van der Waals surface area contributed by atoms with Crippen LogP contribution in [0.15, 0.2) is 53.3 Å². The first-order valence-corrected chi connectivity index (χ1v) is 11.1. The van der Waals surface area contributed by atoms with Crippen molar-refractivity contribution in [3.05, 3.63) is 70.1 Å². The van der Waals surface area contributed by atoms with Crippen LogP contribution in [0, 0.1) is 0 Å². The Balaban J connectivity index is 1.52. The molecule has 2 aliphatic heterocycles. The molecule has 2 amide bonds. The lowest BCUT2D eigenvalue weighted by Crippen LogP contribution is -2.49. The fourth-order valence-corrected chi connectivity index (χ4v) is 5.53. The Kier molecular flexibility index (Phi) is 4.84. The number of nitrogens with zero attached hydrogens (tertiary/aromatic N) is 3. The summed E-state index contributed by atoms with van der Waals surface area (Å²) in [5.41, 5.74) is 1.53. The first-order chi connectivity index (χ1) is 15.5. The van der Waals surface area contributed by atoms with Gasteiger partial charge in [0.15, 0.2) is 0 Å². The summed E-state index contributed by atoms with van der Waals surface area (Å²) in [5.74, 6) is -0.0769. The van der Waals surface area contributed by atoms with Gasteiger partial charge in [0, 0.05) is 24.7 Å². The molecule has 0 radical (unpaired) electrons. The van der Waals surface area contributed by atoms with Crippen molar-refractivity contribution in [3.63, 3.8) is 0 Å². The van der Waals surface area contributed by atoms with Crippen molar-refractivity contribution in [2.45, 2.75) is 44.1 Å². The molecule has 0 unspecified atom stereocenters. The first-order valence-electron chi connectivity index (χ1n) is 11.1. The molecule has 0 saturated carbocycles. The molecule has 1 aromatic heterocycles. The number of benzene rings is 2. The van der Waals surface area contributed by atoms with E-state index in [0.717, 1.165) is 24.1 Å². The van der Waals surface area contributed by atoms with Crippen LogP contribution in [-0.4, -0.2) is 39.1 Å². The largest absolute Gasteiger partial charge is 0.338 e. The number of likely N-dealkylation sites (tertiary alicyclic amines) is 1. The fraction of sp³-hybridized carbons (Fsp3) is 0.360. The van der Waals surface area contributed by atoms with Gasteiger partial charge in [-0.1, -0.05) is 49.7 Å². The molecule has 7 heteroatoms. The second kappa shape index (κ2) is 7.58. The normalized spacial score (nSPS) is 21.9. The maximum absolute atomic E-state index is 13.6. The van der Waals surface area contributed by atoms with Crippen LogP contribution in [-0.2, 0) is 28.5 Å². The number of aryl methyl sites for hydroxylation is 1. The second-order valence-electron chi connectivity index (χ2n) is 8.71. The van der Waals surface area contributed by atoms with Crippen LogP contribution >= 0.6 is 0 Å². The van der Waals surface area contributed by atoms with Crippen molar-refractivity contribution >= 4 is 28.3 Å². The Morgan fingerprint density at radius 1 is 1.12 bits per heavy atom. The second-order valence-corrected chi connectivity index (χ2v) is 8.71. The SMILES string of the molecule is CCC[C@@H]1N(C(=O)Cc2nn(C)c(=O)c3ccccc23)CC[C@]12C(=O)Nc1ccccc12. The van der Waals surface area contributed by atoms with Crippen LogP contribution in [0.1, 0.15) is 37.4 Å². The molecule has 164 valence electrons. The van der Waals surface area contributed by atoms with Crippen molar-refractivity contribution < 1.29 is 9.59 Å². The molecule has 3 aromatic rings. The zero-order chi connectivity index (χ0) is 22.5. The van der Waals surface area contributed by atoms with Crippen molar-refractivity contribution in [1.82, 2.24) is 14.7 Å². The summed E-state index contributed by atoms with van der Waals surface area (Å²) in [7, 11) is 1.60. The Bertz CT molecular complexity index is 1300. The van der Waals surface area contributed by atoms with Gasteiger partial charge in [0.25, 0.3) is 5.56 Å². The zero-order valence-corrected chi connectivity index (χ0v) is 18.3. The number of carbonyl (C=O) groups excluding carboxylic acids is 2. The quantitative estimate of drug-likeness (QED) is 0.690. The zero-order valence-electron chi connectivity index (χ0n) is 18.3. The lowest BCUT2D eigenvalue weighted by atomic mass is 9.73. The number of aromatic nitrogens is 2. The van der Waals surface area contributed by atoms with Crippen molar-refractivity contribution in [2.75, 3.05) is 11.9 Å². The molecule has 0 aliphatic carbocycles. The van der Waals surface area contributed by atoms with E-state index < -0.39 is 5.41 Å². The van der Waals surface area contributed by atoms with Crippen LogP contribution in [0.4, 0.5) is 5.69 Å². The number of nitrogens with one attached hydrogen (secondary N) is 1. The Hall–Kier alpha value is -3.48. The number of hydrogen-bond acceptors (Lipinski definition) is 4. The molecule has 1 fully saturated rings. The minimum atomic E-state index is -0.707. The van der Waals surface area contributed by atoms with Crippen LogP contribution in [0.5, 0.6) is 0 Å². The predicted octanol–water partition coefficient (Wildman–Crippen LogP) is 2.77. The molecule has 2 aromatic carbocycles. The Morgan fingerprint density at radius 3 is 2.62 bits per heavy atom. The van der Waals surface area contributed by atoms with Gasteiger partial charge in [0.05, 0.1) is 29.0 Å². The summed E-state index contributed by atoms with van der Waals surface area (Å²) in [5, 5.41) is 8.70. The summed E-state index contributed by atoms with van der Waals surface area (Å²) in [6.45, 7) is 2.60. The number of para-hydroxylation sites is 1.